The Bertz CT molecular complexity index is 324. The largest absolute Gasteiger partial charge is 0.300 e. The second kappa shape index (κ2) is 5.69. The number of hydrogen-bond acceptors (Lipinski definition) is 1. The molecule has 82 valence electrons. The molecule has 2 rings (SSSR count). The van der Waals surface area contributed by atoms with E-state index >= 15 is 0 Å². The van der Waals surface area contributed by atoms with E-state index < -0.39 is 0 Å². The zero-order valence-corrected chi connectivity index (χ0v) is 9.92. The highest BCUT2D eigenvalue weighted by atomic mass is 16.1. The third-order valence-electron chi connectivity index (χ3n) is 2.64. The molecule has 1 saturated carbocycles. The van der Waals surface area contributed by atoms with Gasteiger partial charge in [-0.1, -0.05) is 36.8 Å². The van der Waals surface area contributed by atoms with E-state index in [1.807, 2.05) is 0 Å². The number of benzene rings is 1. The summed E-state index contributed by atoms with van der Waals surface area (Å²) in [5, 5.41) is 0. The van der Waals surface area contributed by atoms with Crippen molar-refractivity contribution in [3.63, 3.8) is 0 Å². The Morgan fingerprint density at radius 1 is 1.40 bits per heavy atom. The molecule has 0 unspecified atom stereocenters. The van der Waals surface area contributed by atoms with Gasteiger partial charge in [-0.2, -0.15) is 0 Å². The van der Waals surface area contributed by atoms with Gasteiger partial charge in [0.2, 0.25) is 0 Å². The molecule has 1 aliphatic carbocycles. The number of hydrogen-bond donors (Lipinski definition) is 0. The standard InChI is InChI=1S/C9H12.C5H8O/c1-3-9-6-4-5-8(2)7-9;1-4(6)5-2-3-5/h4-7H,3H2,1-2H3;5H,2-3H2,1H3. The zero-order valence-electron chi connectivity index (χ0n) is 9.92. The Morgan fingerprint density at radius 3 is 2.33 bits per heavy atom. The molecule has 0 N–H and O–H groups in total. The van der Waals surface area contributed by atoms with Gasteiger partial charge in [-0.05, 0) is 38.7 Å². The molecule has 1 aliphatic rings. The molecule has 0 amide bonds. The molecule has 1 aromatic rings. The van der Waals surface area contributed by atoms with Crippen molar-refractivity contribution in [2.45, 2.75) is 40.0 Å². The molecule has 15 heavy (non-hydrogen) atoms. The predicted octanol–water partition coefficient (Wildman–Crippen LogP) is 3.54. The maximum Gasteiger partial charge on any atom is 0.132 e. The topological polar surface area (TPSA) is 17.1 Å². The SMILES string of the molecule is CC(=O)C1CC1.CCc1cccc(C)c1. The number of Topliss-reactive ketones (excluding diaryl/α,β-unsaturated/α-hetero) is 1. The molecule has 1 heteroatoms. The molecule has 1 aromatic carbocycles. The smallest absolute Gasteiger partial charge is 0.132 e. The van der Waals surface area contributed by atoms with Crippen LogP contribution in [-0.4, -0.2) is 5.78 Å². The van der Waals surface area contributed by atoms with Crippen molar-refractivity contribution in [2.75, 3.05) is 0 Å². The van der Waals surface area contributed by atoms with E-state index in [0.29, 0.717) is 11.7 Å². The monoisotopic (exact) mass is 204 g/mol. The average Bonchev–Trinajstić information content (AvgIpc) is 3.01. The lowest BCUT2D eigenvalue weighted by Gasteiger charge is -1.95. The van der Waals surface area contributed by atoms with Crippen LogP contribution in [0.1, 0.15) is 37.8 Å². The normalized spacial score (nSPS) is 14.1. The van der Waals surface area contributed by atoms with Gasteiger partial charge in [0.05, 0.1) is 0 Å². The molecule has 0 radical (unpaired) electrons. The molecular formula is C14H20O. The van der Waals surface area contributed by atoms with E-state index in [9.17, 15) is 4.79 Å². The van der Waals surface area contributed by atoms with Crippen LogP contribution in [0.4, 0.5) is 0 Å². The molecule has 0 aliphatic heterocycles. The van der Waals surface area contributed by atoms with E-state index in [0.717, 1.165) is 19.3 Å². The first kappa shape index (κ1) is 12.0. The third-order valence-corrected chi connectivity index (χ3v) is 2.64. The Hall–Kier alpha value is -1.11. The van der Waals surface area contributed by atoms with Crippen molar-refractivity contribution < 1.29 is 4.79 Å². The maximum atomic E-state index is 10.2. The summed E-state index contributed by atoms with van der Waals surface area (Å²) < 4.78 is 0. The number of ketones is 1. The van der Waals surface area contributed by atoms with Crippen molar-refractivity contribution >= 4 is 5.78 Å². The van der Waals surface area contributed by atoms with Crippen molar-refractivity contribution in [3.8, 4) is 0 Å². The average molecular weight is 204 g/mol. The molecule has 0 heterocycles. The number of carbonyl (C=O) groups is 1. The second-order valence-corrected chi connectivity index (χ2v) is 4.23. The van der Waals surface area contributed by atoms with Gasteiger partial charge in [-0.25, -0.2) is 0 Å². The Kier molecular flexibility index (Phi) is 4.54. The van der Waals surface area contributed by atoms with Crippen molar-refractivity contribution in [2.24, 2.45) is 5.92 Å². The summed E-state index contributed by atoms with van der Waals surface area (Å²) in [6.07, 6.45) is 3.44. The Balaban J connectivity index is 0.000000162. The van der Waals surface area contributed by atoms with Crippen LogP contribution in [0.2, 0.25) is 0 Å². The summed E-state index contributed by atoms with van der Waals surface area (Å²) in [5.41, 5.74) is 2.78. The molecule has 0 atom stereocenters. The van der Waals surface area contributed by atoms with Crippen molar-refractivity contribution in [3.05, 3.63) is 35.4 Å². The molecule has 0 spiro atoms. The molecule has 0 bridgehead atoms. The highest BCUT2D eigenvalue weighted by Crippen LogP contribution is 2.29. The summed E-state index contributed by atoms with van der Waals surface area (Å²) in [6, 6.07) is 8.61. The minimum atomic E-state index is 0.370. The summed E-state index contributed by atoms with van der Waals surface area (Å²) in [5.74, 6) is 0.833. The summed E-state index contributed by atoms with van der Waals surface area (Å²) in [7, 11) is 0. The first-order valence-corrected chi connectivity index (χ1v) is 5.69. The molecule has 1 nitrogen and oxygen atoms in total. The van der Waals surface area contributed by atoms with E-state index in [4.69, 9.17) is 0 Å². The van der Waals surface area contributed by atoms with Gasteiger partial charge in [0.15, 0.2) is 0 Å². The third kappa shape index (κ3) is 4.78. The second-order valence-electron chi connectivity index (χ2n) is 4.23. The van der Waals surface area contributed by atoms with Crippen LogP contribution in [0.5, 0.6) is 0 Å². The quantitative estimate of drug-likeness (QED) is 0.720. The van der Waals surface area contributed by atoms with Gasteiger partial charge < -0.3 is 0 Å². The van der Waals surface area contributed by atoms with Gasteiger partial charge in [0.1, 0.15) is 5.78 Å². The minimum Gasteiger partial charge on any atom is -0.300 e. The first-order valence-electron chi connectivity index (χ1n) is 5.69. The fourth-order valence-corrected chi connectivity index (χ4v) is 1.42. The lowest BCUT2D eigenvalue weighted by Crippen LogP contribution is -1.88. The Labute approximate surface area is 92.5 Å². The van der Waals surface area contributed by atoms with Gasteiger partial charge in [0, 0.05) is 5.92 Å². The van der Waals surface area contributed by atoms with Gasteiger partial charge in [-0.3, -0.25) is 4.79 Å². The zero-order chi connectivity index (χ0) is 11.3. The molecule has 0 saturated heterocycles. The summed E-state index contributed by atoms with van der Waals surface area (Å²) in [4.78, 5) is 10.2. The van der Waals surface area contributed by atoms with E-state index in [2.05, 4.69) is 38.1 Å². The van der Waals surface area contributed by atoms with Gasteiger partial charge in [-0.15, -0.1) is 0 Å². The van der Waals surface area contributed by atoms with Crippen LogP contribution in [0.25, 0.3) is 0 Å². The predicted molar refractivity (Wildman–Crippen MR) is 64.0 cm³/mol. The highest BCUT2D eigenvalue weighted by molar-refractivity contribution is 5.80. The fraction of sp³-hybridized carbons (Fsp3) is 0.500. The summed E-state index contributed by atoms with van der Waals surface area (Å²) >= 11 is 0. The highest BCUT2D eigenvalue weighted by Gasteiger charge is 2.25. The molecular weight excluding hydrogens is 184 g/mol. The van der Waals surface area contributed by atoms with Crippen LogP contribution < -0.4 is 0 Å². The number of aryl methyl sites for hydroxylation is 2. The number of carbonyl (C=O) groups excluding carboxylic acids is 1. The fourth-order valence-electron chi connectivity index (χ4n) is 1.42. The van der Waals surface area contributed by atoms with Gasteiger partial charge >= 0.3 is 0 Å². The van der Waals surface area contributed by atoms with Crippen molar-refractivity contribution in [1.82, 2.24) is 0 Å². The molecule has 0 aromatic heterocycles. The van der Waals surface area contributed by atoms with E-state index in [1.54, 1.807) is 6.92 Å². The maximum absolute atomic E-state index is 10.2. The number of rotatable bonds is 2. The lowest BCUT2D eigenvalue weighted by molar-refractivity contribution is -0.118. The van der Waals surface area contributed by atoms with Gasteiger partial charge in [0.25, 0.3) is 0 Å². The molecule has 1 fully saturated rings. The van der Waals surface area contributed by atoms with Crippen LogP contribution in [-0.2, 0) is 11.2 Å². The van der Waals surface area contributed by atoms with Crippen LogP contribution >= 0.6 is 0 Å². The van der Waals surface area contributed by atoms with Crippen LogP contribution in [0, 0.1) is 12.8 Å². The van der Waals surface area contributed by atoms with E-state index in [-0.39, 0.29) is 0 Å². The lowest BCUT2D eigenvalue weighted by atomic mass is 10.1. The van der Waals surface area contributed by atoms with Crippen LogP contribution in [0.15, 0.2) is 24.3 Å². The Morgan fingerprint density at radius 2 is 2.07 bits per heavy atom. The van der Waals surface area contributed by atoms with Crippen LogP contribution in [0.3, 0.4) is 0 Å². The van der Waals surface area contributed by atoms with Crippen molar-refractivity contribution in [1.29, 1.82) is 0 Å². The van der Waals surface area contributed by atoms with E-state index in [1.165, 1.54) is 11.1 Å². The minimum absolute atomic E-state index is 0.370. The first-order chi connectivity index (χ1) is 7.13. The summed E-state index contributed by atoms with van der Waals surface area (Å²) in [6.45, 7) is 5.96.